The van der Waals surface area contributed by atoms with E-state index >= 15 is 0 Å². The molecule has 1 saturated carbocycles. The van der Waals surface area contributed by atoms with E-state index < -0.39 is 10.0 Å². The second-order valence-corrected chi connectivity index (χ2v) is 12.5. The SMILES string of the molecule is CC1CCC(C(=O)N(c2cc(-c3ccccc3)sc2C=O)C2CCN(S(C)(=O)=O)CC2)CC1. The minimum atomic E-state index is -3.26. The number of aldehydes is 1. The molecule has 0 unspecified atom stereocenters. The zero-order valence-corrected chi connectivity index (χ0v) is 20.9. The van der Waals surface area contributed by atoms with Crippen molar-refractivity contribution in [3.8, 4) is 10.4 Å². The number of carbonyl (C=O) groups is 2. The summed E-state index contributed by atoms with van der Waals surface area (Å²) in [5.74, 6) is 0.672. The number of rotatable bonds is 6. The Labute approximate surface area is 200 Å². The number of benzene rings is 1. The maximum atomic E-state index is 13.9. The highest BCUT2D eigenvalue weighted by Crippen LogP contribution is 2.40. The van der Waals surface area contributed by atoms with Gasteiger partial charge >= 0.3 is 0 Å². The first-order chi connectivity index (χ1) is 15.8. The van der Waals surface area contributed by atoms with E-state index in [1.807, 2.05) is 41.3 Å². The van der Waals surface area contributed by atoms with Crippen LogP contribution < -0.4 is 4.90 Å². The Bertz CT molecular complexity index is 1080. The van der Waals surface area contributed by atoms with Gasteiger partial charge in [0.1, 0.15) is 0 Å². The molecule has 0 N–H and O–H groups in total. The highest BCUT2D eigenvalue weighted by Gasteiger charge is 2.37. The molecule has 1 aliphatic heterocycles. The minimum absolute atomic E-state index is 0.0475. The molecule has 2 aliphatic rings. The molecule has 4 rings (SSSR count). The number of sulfonamides is 1. The fraction of sp³-hybridized carbons (Fsp3) is 0.520. The molecule has 33 heavy (non-hydrogen) atoms. The minimum Gasteiger partial charge on any atom is -0.307 e. The Hall–Kier alpha value is -2.03. The molecular weight excluding hydrogens is 456 g/mol. The number of nitrogens with zero attached hydrogens (tertiary/aromatic N) is 2. The van der Waals surface area contributed by atoms with Gasteiger partial charge < -0.3 is 4.90 Å². The second-order valence-electron chi connectivity index (χ2n) is 9.40. The largest absolute Gasteiger partial charge is 0.307 e. The highest BCUT2D eigenvalue weighted by molar-refractivity contribution is 7.88. The van der Waals surface area contributed by atoms with Crippen molar-refractivity contribution in [2.24, 2.45) is 11.8 Å². The van der Waals surface area contributed by atoms with Crippen LogP contribution in [-0.2, 0) is 14.8 Å². The molecule has 1 amide bonds. The number of thiophene rings is 1. The molecule has 8 heteroatoms. The van der Waals surface area contributed by atoms with Gasteiger partial charge in [0.15, 0.2) is 6.29 Å². The molecule has 0 radical (unpaired) electrons. The molecule has 2 aromatic rings. The summed E-state index contributed by atoms with van der Waals surface area (Å²) in [6.07, 6.45) is 7.02. The van der Waals surface area contributed by atoms with Crippen molar-refractivity contribution in [2.75, 3.05) is 24.2 Å². The summed E-state index contributed by atoms with van der Waals surface area (Å²) in [7, 11) is -3.26. The average Bonchev–Trinajstić information content (AvgIpc) is 3.24. The van der Waals surface area contributed by atoms with E-state index in [4.69, 9.17) is 0 Å². The molecular formula is C25H32N2O4S2. The third-order valence-corrected chi connectivity index (χ3v) is 9.43. The third kappa shape index (κ3) is 5.39. The van der Waals surface area contributed by atoms with E-state index in [1.165, 1.54) is 21.9 Å². The van der Waals surface area contributed by atoms with Gasteiger partial charge in [-0.1, -0.05) is 37.3 Å². The molecule has 0 atom stereocenters. The van der Waals surface area contributed by atoms with Crippen LogP contribution in [0.25, 0.3) is 10.4 Å². The number of carbonyl (C=O) groups excluding carboxylic acids is 2. The van der Waals surface area contributed by atoms with Crippen molar-refractivity contribution >= 4 is 39.2 Å². The fourth-order valence-electron chi connectivity index (χ4n) is 5.04. The predicted molar refractivity (Wildman–Crippen MR) is 133 cm³/mol. The Morgan fingerprint density at radius 3 is 2.27 bits per heavy atom. The van der Waals surface area contributed by atoms with Crippen molar-refractivity contribution in [2.45, 2.75) is 51.5 Å². The van der Waals surface area contributed by atoms with Crippen LogP contribution in [0.1, 0.15) is 55.1 Å². The van der Waals surface area contributed by atoms with Gasteiger partial charge in [-0.15, -0.1) is 11.3 Å². The van der Waals surface area contributed by atoms with Gasteiger partial charge in [0.2, 0.25) is 15.9 Å². The summed E-state index contributed by atoms with van der Waals surface area (Å²) in [5.41, 5.74) is 1.69. The van der Waals surface area contributed by atoms with Crippen molar-refractivity contribution in [1.29, 1.82) is 0 Å². The number of hydrogen-bond donors (Lipinski definition) is 0. The molecule has 2 fully saturated rings. The van der Waals surface area contributed by atoms with Gasteiger partial charge in [-0.2, -0.15) is 0 Å². The summed E-state index contributed by atoms with van der Waals surface area (Å²) >= 11 is 1.41. The molecule has 1 saturated heterocycles. The molecule has 0 bridgehead atoms. The van der Waals surface area contributed by atoms with Crippen LogP contribution in [0.4, 0.5) is 5.69 Å². The Kier molecular flexibility index (Phi) is 7.36. The van der Waals surface area contributed by atoms with Crippen molar-refractivity contribution in [1.82, 2.24) is 4.31 Å². The fourth-order valence-corrected chi connectivity index (χ4v) is 6.89. The molecule has 1 aromatic heterocycles. The zero-order chi connectivity index (χ0) is 23.6. The van der Waals surface area contributed by atoms with Crippen molar-refractivity contribution in [3.05, 3.63) is 41.3 Å². The van der Waals surface area contributed by atoms with Crippen molar-refractivity contribution < 1.29 is 18.0 Å². The Balaban J connectivity index is 1.68. The normalized spacial score (nSPS) is 22.7. The summed E-state index contributed by atoms with van der Waals surface area (Å²) in [6, 6.07) is 11.7. The van der Waals surface area contributed by atoms with E-state index in [-0.39, 0.29) is 17.9 Å². The smallest absolute Gasteiger partial charge is 0.230 e. The van der Waals surface area contributed by atoms with Crippen LogP contribution in [0.15, 0.2) is 36.4 Å². The van der Waals surface area contributed by atoms with E-state index in [1.54, 1.807) is 0 Å². The van der Waals surface area contributed by atoms with E-state index in [0.717, 1.165) is 42.4 Å². The lowest BCUT2D eigenvalue weighted by molar-refractivity contribution is -0.124. The lowest BCUT2D eigenvalue weighted by Crippen LogP contribution is -2.50. The van der Waals surface area contributed by atoms with Gasteiger partial charge in [0.05, 0.1) is 16.8 Å². The summed E-state index contributed by atoms with van der Waals surface area (Å²) in [6.45, 7) is 3.01. The van der Waals surface area contributed by atoms with Gasteiger partial charge in [0.25, 0.3) is 0 Å². The van der Waals surface area contributed by atoms with Crippen LogP contribution in [0, 0.1) is 11.8 Å². The monoisotopic (exact) mass is 488 g/mol. The van der Waals surface area contributed by atoms with Crippen LogP contribution in [0.5, 0.6) is 0 Å². The summed E-state index contributed by atoms with van der Waals surface area (Å²) in [4.78, 5) is 29.3. The average molecular weight is 489 g/mol. The van der Waals surface area contributed by atoms with Gasteiger partial charge in [-0.3, -0.25) is 9.59 Å². The number of amides is 1. The molecule has 178 valence electrons. The summed E-state index contributed by atoms with van der Waals surface area (Å²) in [5, 5.41) is 0. The topological polar surface area (TPSA) is 74.8 Å². The number of piperidine rings is 1. The van der Waals surface area contributed by atoms with Crippen LogP contribution in [0.2, 0.25) is 0 Å². The molecule has 1 aliphatic carbocycles. The first-order valence-corrected chi connectivity index (χ1v) is 14.4. The van der Waals surface area contributed by atoms with E-state index in [2.05, 4.69) is 6.92 Å². The lowest BCUT2D eigenvalue weighted by atomic mass is 9.82. The highest BCUT2D eigenvalue weighted by atomic mass is 32.2. The first kappa shape index (κ1) is 24.1. The molecule has 2 heterocycles. The predicted octanol–water partition coefficient (Wildman–Crippen LogP) is 4.81. The van der Waals surface area contributed by atoms with Crippen LogP contribution >= 0.6 is 11.3 Å². The molecule has 6 nitrogen and oxygen atoms in total. The lowest BCUT2D eigenvalue weighted by Gasteiger charge is -2.40. The Morgan fingerprint density at radius 2 is 1.70 bits per heavy atom. The van der Waals surface area contributed by atoms with Gasteiger partial charge in [0, 0.05) is 29.9 Å². The van der Waals surface area contributed by atoms with Gasteiger partial charge in [-0.25, -0.2) is 12.7 Å². The number of hydrogen-bond acceptors (Lipinski definition) is 5. The quantitative estimate of drug-likeness (QED) is 0.547. The molecule has 1 aromatic carbocycles. The maximum absolute atomic E-state index is 13.9. The first-order valence-electron chi connectivity index (χ1n) is 11.7. The van der Waals surface area contributed by atoms with Crippen LogP contribution in [0.3, 0.4) is 0 Å². The standard InChI is InChI=1S/C25H32N2O4S2/c1-18-8-10-20(11-9-18)25(29)27(21-12-14-26(15-13-21)33(2,30)31)22-16-23(32-24(22)17-28)19-6-4-3-5-7-19/h3-7,16-18,20-21H,8-15H2,1-2H3. The zero-order valence-electron chi connectivity index (χ0n) is 19.3. The van der Waals surface area contributed by atoms with E-state index in [9.17, 15) is 18.0 Å². The maximum Gasteiger partial charge on any atom is 0.230 e. The third-order valence-electron chi connectivity index (χ3n) is 7.03. The van der Waals surface area contributed by atoms with E-state index in [0.29, 0.717) is 42.4 Å². The summed E-state index contributed by atoms with van der Waals surface area (Å²) < 4.78 is 25.5. The van der Waals surface area contributed by atoms with Crippen molar-refractivity contribution in [3.63, 3.8) is 0 Å². The van der Waals surface area contributed by atoms with Crippen LogP contribution in [-0.4, -0.2) is 50.3 Å². The van der Waals surface area contributed by atoms with Gasteiger partial charge in [-0.05, 0) is 56.1 Å². The number of anilines is 1. The Morgan fingerprint density at radius 1 is 1.06 bits per heavy atom. The molecule has 0 spiro atoms. The second kappa shape index (κ2) is 10.1.